The van der Waals surface area contributed by atoms with E-state index in [-0.39, 0.29) is 22.6 Å². The van der Waals surface area contributed by atoms with Crippen molar-refractivity contribution in [3.63, 3.8) is 0 Å². The average molecular weight is 349 g/mol. The molecule has 1 heterocycles. The Hall–Kier alpha value is -1.51. The second-order valence-corrected chi connectivity index (χ2v) is 7.04. The van der Waals surface area contributed by atoms with E-state index in [2.05, 4.69) is 4.72 Å². The Morgan fingerprint density at radius 2 is 2.23 bits per heavy atom. The molecule has 1 fully saturated rings. The quantitative estimate of drug-likeness (QED) is 0.841. The molecule has 1 aliphatic rings. The summed E-state index contributed by atoms with van der Waals surface area (Å²) >= 11 is 5.93. The molecule has 1 saturated heterocycles. The second-order valence-electron chi connectivity index (χ2n) is 4.87. The van der Waals surface area contributed by atoms with Gasteiger partial charge in [0.25, 0.3) is 0 Å². The summed E-state index contributed by atoms with van der Waals surface area (Å²) < 4.78 is 36.8. The Balaban J connectivity index is 1.94. The zero-order chi connectivity index (χ0) is 16.3. The molecule has 0 aliphatic carbocycles. The number of halogens is 1. The van der Waals surface area contributed by atoms with Gasteiger partial charge < -0.3 is 14.4 Å². The van der Waals surface area contributed by atoms with Crippen molar-refractivity contribution in [1.82, 2.24) is 9.62 Å². The van der Waals surface area contributed by atoms with Gasteiger partial charge in [-0.15, -0.1) is 0 Å². The maximum Gasteiger partial charge on any atom is 0.409 e. The molecule has 1 atom stereocenters. The smallest absolute Gasteiger partial charge is 0.409 e. The van der Waals surface area contributed by atoms with Crippen LogP contribution in [0.15, 0.2) is 23.1 Å². The van der Waals surface area contributed by atoms with Crippen molar-refractivity contribution in [3.8, 4) is 5.75 Å². The zero-order valence-electron chi connectivity index (χ0n) is 12.2. The van der Waals surface area contributed by atoms with E-state index in [9.17, 15) is 13.2 Å². The normalized spacial score (nSPS) is 18.4. The summed E-state index contributed by atoms with van der Waals surface area (Å²) in [5.74, 6) is 0.404. The van der Waals surface area contributed by atoms with Gasteiger partial charge in [0.05, 0.1) is 23.6 Å². The molecule has 1 aromatic carbocycles. The van der Waals surface area contributed by atoms with Gasteiger partial charge in [0.2, 0.25) is 10.0 Å². The monoisotopic (exact) mass is 348 g/mol. The van der Waals surface area contributed by atoms with Gasteiger partial charge in [-0.2, -0.15) is 0 Å². The van der Waals surface area contributed by atoms with E-state index < -0.39 is 16.1 Å². The van der Waals surface area contributed by atoms with E-state index in [0.717, 1.165) is 0 Å². The molecule has 9 heteroatoms. The standard InChI is InChI=1S/C13H17ClN2O5S/c1-16-8-9(21-13(16)17)5-6-15-22(18,19)10-3-4-12(20-2)11(14)7-10/h3-4,7,9,15H,5-6,8H2,1-2H3. The van der Waals surface area contributed by atoms with Crippen molar-refractivity contribution >= 4 is 27.7 Å². The first-order valence-corrected chi connectivity index (χ1v) is 8.44. The average Bonchev–Trinajstić information content (AvgIpc) is 2.77. The number of cyclic esters (lactones) is 1. The molecular formula is C13H17ClN2O5S. The minimum Gasteiger partial charge on any atom is -0.495 e. The summed E-state index contributed by atoms with van der Waals surface area (Å²) in [6.45, 7) is 0.618. The maximum absolute atomic E-state index is 12.2. The molecule has 0 bridgehead atoms. The number of ether oxygens (including phenoxy) is 2. The van der Waals surface area contributed by atoms with Crippen LogP contribution in [0.4, 0.5) is 4.79 Å². The number of sulfonamides is 1. The first-order chi connectivity index (χ1) is 10.3. The number of carbonyl (C=O) groups is 1. The SMILES string of the molecule is COc1ccc(S(=O)(=O)NCCC2CN(C)C(=O)O2)cc1Cl. The van der Waals surface area contributed by atoms with E-state index in [1.165, 1.54) is 30.2 Å². The van der Waals surface area contributed by atoms with Crippen LogP contribution in [0.5, 0.6) is 5.75 Å². The first-order valence-electron chi connectivity index (χ1n) is 6.58. The Bertz CT molecular complexity index is 664. The summed E-state index contributed by atoms with van der Waals surface area (Å²) in [5, 5.41) is 0.219. The number of methoxy groups -OCH3 is 1. The van der Waals surface area contributed by atoms with Crippen molar-refractivity contribution in [3.05, 3.63) is 23.2 Å². The number of hydrogen-bond donors (Lipinski definition) is 1. The van der Waals surface area contributed by atoms with Crippen LogP contribution < -0.4 is 9.46 Å². The van der Waals surface area contributed by atoms with Gasteiger partial charge in [-0.1, -0.05) is 11.6 Å². The minimum atomic E-state index is -3.67. The third-order valence-electron chi connectivity index (χ3n) is 3.25. The predicted molar refractivity (Wildman–Crippen MR) is 80.7 cm³/mol. The number of carbonyl (C=O) groups excluding carboxylic acids is 1. The van der Waals surface area contributed by atoms with E-state index in [0.29, 0.717) is 18.7 Å². The Morgan fingerprint density at radius 3 is 2.77 bits per heavy atom. The predicted octanol–water partition coefficient (Wildman–Crippen LogP) is 1.47. The van der Waals surface area contributed by atoms with Crippen LogP contribution in [0, 0.1) is 0 Å². The molecule has 0 radical (unpaired) electrons. The lowest BCUT2D eigenvalue weighted by Crippen LogP contribution is -2.28. The van der Waals surface area contributed by atoms with Crippen LogP contribution in [0.3, 0.4) is 0 Å². The van der Waals surface area contributed by atoms with Crippen LogP contribution >= 0.6 is 11.6 Å². The molecule has 122 valence electrons. The zero-order valence-corrected chi connectivity index (χ0v) is 13.8. The second kappa shape index (κ2) is 6.72. The van der Waals surface area contributed by atoms with Gasteiger partial charge >= 0.3 is 6.09 Å². The number of amides is 1. The van der Waals surface area contributed by atoms with E-state index in [1.807, 2.05) is 0 Å². The fraction of sp³-hybridized carbons (Fsp3) is 0.462. The topological polar surface area (TPSA) is 84.9 Å². The molecule has 0 saturated carbocycles. The van der Waals surface area contributed by atoms with E-state index >= 15 is 0 Å². The molecule has 1 N–H and O–H groups in total. The molecule has 1 unspecified atom stereocenters. The highest BCUT2D eigenvalue weighted by Gasteiger charge is 2.28. The van der Waals surface area contributed by atoms with Crippen LogP contribution in [-0.4, -0.2) is 52.8 Å². The number of likely N-dealkylation sites (N-methyl/N-ethyl adjacent to an activating group) is 1. The van der Waals surface area contributed by atoms with Crippen molar-refractivity contribution < 1.29 is 22.7 Å². The highest BCUT2D eigenvalue weighted by atomic mass is 35.5. The number of nitrogens with zero attached hydrogens (tertiary/aromatic N) is 1. The molecule has 0 aromatic heterocycles. The molecule has 1 aliphatic heterocycles. The Morgan fingerprint density at radius 1 is 1.50 bits per heavy atom. The van der Waals surface area contributed by atoms with Crippen LogP contribution in [0.2, 0.25) is 5.02 Å². The van der Waals surface area contributed by atoms with Gasteiger partial charge in [-0.3, -0.25) is 0 Å². The van der Waals surface area contributed by atoms with Gasteiger partial charge in [0, 0.05) is 13.6 Å². The fourth-order valence-electron chi connectivity index (χ4n) is 2.05. The number of benzene rings is 1. The molecule has 0 spiro atoms. The molecule has 7 nitrogen and oxygen atoms in total. The summed E-state index contributed by atoms with van der Waals surface area (Å²) in [6, 6.07) is 4.23. The van der Waals surface area contributed by atoms with Gasteiger partial charge in [-0.25, -0.2) is 17.9 Å². The first kappa shape index (κ1) is 16.9. The van der Waals surface area contributed by atoms with E-state index in [1.54, 1.807) is 7.05 Å². The molecule has 1 amide bonds. The van der Waals surface area contributed by atoms with Gasteiger partial charge in [0.1, 0.15) is 11.9 Å². The highest BCUT2D eigenvalue weighted by Crippen LogP contribution is 2.26. The van der Waals surface area contributed by atoms with Gasteiger partial charge in [0.15, 0.2) is 0 Å². The van der Waals surface area contributed by atoms with Crippen LogP contribution in [0.25, 0.3) is 0 Å². The lowest BCUT2D eigenvalue weighted by atomic mass is 10.2. The van der Waals surface area contributed by atoms with E-state index in [4.69, 9.17) is 21.1 Å². The highest BCUT2D eigenvalue weighted by molar-refractivity contribution is 7.89. The largest absolute Gasteiger partial charge is 0.495 e. The molecular weight excluding hydrogens is 332 g/mol. The lowest BCUT2D eigenvalue weighted by molar-refractivity contribution is 0.131. The minimum absolute atomic E-state index is 0.0545. The van der Waals surface area contributed by atoms with Crippen molar-refractivity contribution in [2.24, 2.45) is 0 Å². The van der Waals surface area contributed by atoms with Gasteiger partial charge in [-0.05, 0) is 24.6 Å². The third kappa shape index (κ3) is 3.82. The summed E-state index contributed by atoms with van der Waals surface area (Å²) in [7, 11) is -0.588. The molecule has 2 rings (SSSR count). The van der Waals surface area contributed by atoms with Crippen LogP contribution in [-0.2, 0) is 14.8 Å². The Labute approximate surface area is 134 Å². The van der Waals surface area contributed by atoms with Crippen LogP contribution in [0.1, 0.15) is 6.42 Å². The van der Waals surface area contributed by atoms with Crippen molar-refractivity contribution in [1.29, 1.82) is 0 Å². The fourth-order valence-corrected chi connectivity index (χ4v) is 3.45. The van der Waals surface area contributed by atoms with Crippen molar-refractivity contribution in [2.75, 3.05) is 27.2 Å². The maximum atomic E-state index is 12.2. The number of nitrogens with one attached hydrogen (secondary N) is 1. The van der Waals surface area contributed by atoms with Crippen molar-refractivity contribution in [2.45, 2.75) is 17.4 Å². The number of rotatable bonds is 6. The Kier molecular flexibility index (Phi) is 5.15. The molecule has 1 aromatic rings. The third-order valence-corrected chi connectivity index (χ3v) is 5.00. The summed E-state index contributed by atoms with van der Waals surface area (Å²) in [6.07, 6.45) is -0.298. The lowest BCUT2D eigenvalue weighted by Gasteiger charge is -2.11. The number of hydrogen-bond acceptors (Lipinski definition) is 5. The summed E-state index contributed by atoms with van der Waals surface area (Å²) in [4.78, 5) is 12.7. The summed E-state index contributed by atoms with van der Waals surface area (Å²) in [5.41, 5.74) is 0. The molecule has 22 heavy (non-hydrogen) atoms.